The normalized spacial score (nSPS) is 21.2. The van der Waals surface area contributed by atoms with E-state index in [1.54, 1.807) is 4.90 Å². The number of rotatable bonds is 5. The molecule has 2 heterocycles. The van der Waals surface area contributed by atoms with Crippen LogP contribution in [0.2, 0.25) is 0 Å². The maximum atomic E-state index is 11.9. The topological polar surface area (TPSA) is 60.0 Å². The van der Waals surface area contributed by atoms with Crippen molar-refractivity contribution in [3.05, 3.63) is 0 Å². The minimum Gasteiger partial charge on any atom is -0.444 e. The molecule has 2 rings (SSSR count). The highest BCUT2D eigenvalue weighted by Crippen LogP contribution is 2.17. The van der Waals surface area contributed by atoms with E-state index in [-0.39, 0.29) is 12.2 Å². The third kappa shape index (κ3) is 5.80. The van der Waals surface area contributed by atoms with Gasteiger partial charge in [-0.25, -0.2) is 4.79 Å². The molecule has 0 aliphatic carbocycles. The molecule has 2 aliphatic rings. The van der Waals surface area contributed by atoms with E-state index in [4.69, 9.17) is 14.2 Å². The van der Waals surface area contributed by atoms with Crippen molar-refractivity contribution in [3.8, 4) is 0 Å². The summed E-state index contributed by atoms with van der Waals surface area (Å²) >= 11 is 0. The Morgan fingerprint density at radius 2 is 1.95 bits per heavy atom. The first-order valence-corrected chi connectivity index (χ1v) is 7.85. The Kier molecular flexibility index (Phi) is 5.84. The second-order valence-corrected chi connectivity index (χ2v) is 6.73. The number of carbonyl (C=O) groups is 1. The van der Waals surface area contributed by atoms with Crippen molar-refractivity contribution in [2.45, 2.75) is 51.4 Å². The fraction of sp³-hybridized carbons (Fsp3) is 0.933. The molecule has 122 valence electrons. The van der Waals surface area contributed by atoms with Gasteiger partial charge in [-0.05, 0) is 33.6 Å². The molecule has 21 heavy (non-hydrogen) atoms. The third-order valence-corrected chi connectivity index (χ3v) is 3.62. The zero-order valence-electron chi connectivity index (χ0n) is 13.4. The molecule has 0 aromatic rings. The molecule has 1 amide bonds. The van der Waals surface area contributed by atoms with Gasteiger partial charge in [0.05, 0.1) is 32.0 Å². The van der Waals surface area contributed by atoms with Crippen molar-refractivity contribution in [2.75, 3.05) is 39.5 Å². The second kappa shape index (κ2) is 7.42. The Labute approximate surface area is 127 Å². The van der Waals surface area contributed by atoms with Crippen molar-refractivity contribution in [1.82, 2.24) is 10.2 Å². The van der Waals surface area contributed by atoms with Gasteiger partial charge in [-0.3, -0.25) is 0 Å². The van der Waals surface area contributed by atoms with Gasteiger partial charge in [-0.2, -0.15) is 0 Å². The summed E-state index contributed by atoms with van der Waals surface area (Å²) in [6.07, 6.45) is 1.80. The molecule has 1 N–H and O–H groups in total. The number of carbonyl (C=O) groups excluding carboxylic acids is 1. The van der Waals surface area contributed by atoms with Crippen LogP contribution >= 0.6 is 0 Å². The lowest BCUT2D eigenvalue weighted by atomic mass is 10.1. The molecule has 0 bridgehead atoms. The van der Waals surface area contributed by atoms with Crippen molar-refractivity contribution in [3.63, 3.8) is 0 Å². The number of hydrogen-bond acceptors (Lipinski definition) is 5. The van der Waals surface area contributed by atoms with Crippen LogP contribution in [-0.2, 0) is 14.2 Å². The summed E-state index contributed by atoms with van der Waals surface area (Å²) in [5.74, 6) is 0. The summed E-state index contributed by atoms with van der Waals surface area (Å²) in [7, 11) is 0. The minimum absolute atomic E-state index is 0.215. The Hall–Kier alpha value is -0.850. The fourth-order valence-corrected chi connectivity index (χ4v) is 2.37. The molecule has 2 aliphatic heterocycles. The predicted octanol–water partition coefficient (Wildman–Crippen LogP) is 1.39. The average molecular weight is 300 g/mol. The molecule has 0 spiro atoms. The number of amides is 1. The van der Waals surface area contributed by atoms with Gasteiger partial charge in [0.1, 0.15) is 5.60 Å². The Morgan fingerprint density at radius 1 is 1.29 bits per heavy atom. The molecule has 2 fully saturated rings. The molecule has 2 saturated heterocycles. The molecule has 0 radical (unpaired) electrons. The molecule has 0 saturated carbocycles. The van der Waals surface area contributed by atoms with E-state index in [0.717, 1.165) is 32.6 Å². The average Bonchev–Trinajstić information content (AvgIpc) is 2.35. The standard InChI is InChI=1S/C15H28N2O4/c1-15(2,3)21-14(18)17-7-4-13(5-8-17)20-9-6-16-12-10-19-11-12/h12-13,16H,4-11H2,1-3H3. The van der Waals surface area contributed by atoms with Crippen LogP contribution in [0.4, 0.5) is 4.79 Å². The second-order valence-electron chi connectivity index (χ2n) is 6.73. The van der Waals surface area contributed by atoms with E-state index >= 15 is 0 Å². The SMILES string of the molecule is CC(C)(C)OC(=O)N1CCC(OCCNC2COC2)CC1. The molecule has 6 nitrogen and oxygen atoms in total. The first kappa shape index (κ1) is 16.5. The van der Waals surface area contributed by atoms with Gasteiger partial charge >= 0.3 is 6.09 Å². The Morgan fingerprint density at radius 3 is 2.48 bits per heavy atom. The third-order valence-electron chi connectivity index (χ3n) is 3.62. The van der Waals surface area contributed by atoms with Crippen LogP contribution in [0.25, 0.3) is 0 Å². The van der Waals surface area contributed by atoms with Crippen LogP contribution in [-0.4, -0.2) is 68.2 Å². The van der Waals surface area contributed by atoms with Gasteiger partial charge in [-0.1, -0.05) is 0 Å². The van der Waals surface area contributed by atoms with Crippen molar-refractivity contribution in [1.29, 1.82) is 0 Å². The smallest absolute Gasteiger partial charge is 0.410 e. The molecule has 0 aromatic carbocycles. The van der Waals surface area contributed by atoms with Gasteiger partial charge in [0.25, 0.3) is 0 Å². The lowest BCUT2D eigenvalue weighted by molar-refractivity contribution is -0.0227. The first-order chi connectivity index (χ1) is 9.94. The molecule has 6 heteroatoms. The highest BCUT2D eigenvalue weighted by atomic mass is 16.6. The van der Waals surface area contributed by atoms with E-state index in [1.807, 2.05) is 20.8 Å². The van der Waals surface area contributed by atoms with Gasteiger partial charge in [-0.15, -0.1) is 0 Å². The highest BCUT2D eigenvalue weighted by molar-refractivity contribution is 5.68. The summed E-state index contributed by atoms with van der Waals surface area (Å²) in [5, 5.41) is 3.38. The summed E-state index contributed by atoms with van der Waals surface area (Å²) in [6.45, 7) is 10.3. The van der Waals surface area contributed by atoms with Crippen LogP contribution in [0.15, 0.2) is 0 Å². The van der Waals surface area contributed by atoms with E-state index in [2.05, 4.69) is 5.32 Å². The Bertz CT molecular complexity index is 331. The quantitative estimate of drug-likeness (QED) is 0.778. The summed E-state index contributed by atoms with van der Waals surface area (Å²) in [5.41, 5.74) is -0.429. The van der Waals surface area contributed by atoms with E-state index < -0.39 is 5.60 Å². The number of nitrogens with one attached hydrogen (secondary N) is 1. The Balaban J connectivity index is 1.56. The number of likely N-dealkylation sites (tertiary alicyclic amines) is 1. The number of hydrogen-bond donors (Lipinski definition) is 1. The van der Waals surface area contributed by atoms with Crippen LogP contribution < -0.4 is 5.32 Å². The van der Waals surface area contributed by atoms with Crippen molar-refractivity contribution < 1.29 is 19.0 Å². The highest BCUT2D eigenvalue weighted by Gasteiger charge is 2.27. The van der Waals surface area contributed by atoms with Gasteiger partial charge < -0.3 is 24.4 Å². The van der Waals surface area contributed by atoms with Crippen LogP contribution in [0, 0.1) is 0 Å². The van der Waals surface area contributed by atoms with Crippen LogP contribution in [0.3, 0.4) is 0 Å². The maximum Gasteiger partial charge on any atom is 0.410 e. The first-order valence-electron chi connectivity index (χ1n) is 7.85. The van der Waals surface area contributed by atoms with Gasteiger partial charge in [0, 0.05) is 19.6 Å². The minimum atomic E-state index is -0.429. The molecule has 0 unspecified atom stereocenters. The summed E-state index contributed by atoms with van der Waals surface area (Å²) in [4.78, 5) is 13.7. The van der Waals surface area contributed by atoms with Crippen molar-refractivity contribution in [2.24, 2.45) is 0 Å². The van der Waals surface area contributed by atoms with Crippen molar-refractivity contribution >= 4 is 6.09 Å². The fourth-order valence-electron chi connectivity index (χ4n) is 2.37. The molecule has 0 aromatic heterocycles. The lowest BCUT2D eigenvalue weighted by Gasteiger charge is -2.33. The number of piperidine rings is 1. The van der Waals surface area contributed by atoms with E-state index in [1.165, 1.54) is 0 Å². The summed E-state index contributed by atoms with van der Waals surface area (Å²) in [6, 6.07) is 0.502. The number of nitrogens with zero attached hydrogens (tertiary/aromatic N) is 1. The molecule has 0 atom stereocenters. The monoisotopic (exact) mass is 300 g/mol. The van der Waals surface area contributed by atoms with Crippen LogP contribution in [0.5, 0.6) is 0 Å². The summed E-state index contributed by atoms with van der Waals surface area (Å²) < 4.78 is 16.3. The zero-order chi connectivity index (χ0) is 15.3. The van der Waals surface area contributed by atoms with Gasteiger partial charge in [0.15, 0.2) is 0 Å². The maximum absolute atomic E-state index is 11.9. The van der Waals surface area contributed by atoms with E-state index in [9.17, 15) is 4.79 Å². The lowest BCUT2D eigenvalue weighted by Crippen LogP contribution is -2.47. The predicted molar refractivity (Wildman–Crippen MR) is 79.4 cm³/mol. The number of ether oxygens (including phenoxy) is 3. The van der Waals surface area contributed by atoms with Gasteiger partial charge in [0.2, 0.25) is 0 Å². The largest absolute Gasteiger partial charge is 0.444 e. The molecular weight excluding hydrogens is 272 g/mol. The van der Waals surface area contributed by atoms with E-state index in [0.29, 0.717) is 25.7 Å². The van der Waals surface area contributed by atoms with Crippen LogP contribution in [0.1, 0.15) is 33.6 Å². The molecular formula is C15H28N2O4. The zero-order valence-corrected chi connectivity index (χ0v) is 13.4.